The predicted molar refractivity (Wildman–Crippen MR) is 88.1 cm³/mol. The first-order valence-corrected chi connectivity index (χ1v) is 8.17. The van der Waals surface area contributed by atoms with Crippen molar-refractivity contribution in [3.8, 4) is 0 Å². The number of piperazine rings is 1. The molecule has 1 saturated carbocycles. The Hall–Kier alpha value is -2.58. The Kier molecular flexibility index (Phi) is 3.26. The second-order valence-corrected chi connectivity index (χ2v) is 6.55. The van der Waals surface area contributed by atoms with Crippen molar-refractivity contribution in [2.45, 2.75) is 12.8 Å². The number of nitrogens with one attached hydrogen (secondary N) is 1. The van der Waals surface area contributed by atoms with Crippen molar-refractivity contribution >= 4 is 23.0 Å². The van der Waals surface area contributed by atoms with E-state index in [2.05, 4.69) is 9.97 Å². The van der Waals surface area contributed by atoms with Gasteiger partial charge in [-0.25, -0.2) is 4.79 Å². The van der Waals surface area contributed by atoms with Gasteiger partial charge in [-0.05, 0) is 12.8 Å². The van der Waals surface area contributed by atoms with Gasteiger partial charge in [0.1, 0.15) is 0 Å². The second-order valence-electron chi connectivity index (χ2n) is 6.55. The fourth-order valence-electron chi connectivity index (χ4n) is 3.19. The summed E-state index contributed by atoms with van der Waals surface area (Å²) in [7, 11) is 3.05. The molecule has 2 aromatic heterocycles. The molecule has 2 fully saturated rings. The summed E-state index contributed by atoms with van der Waals surface area (Å²) in [6.45, 7) is 2.63. The minimum absolute atomic E-state index is 0.236. The number of fused-ring (bicyclic) bond motifs is 1. The highest BCUT2D eigenvalue weighted by Gasteiger charge is 2.35. The topological polar surface area (TPSA) is 96.2 Å². The number of carbonyl (C=O) groups excluding carboxylic acids is 1. The van der Waals surface area contributed by atoms with Crippen LogP contribution in [0, 0.1) is 5.92 Å². The maximum absolute atomic E-state index is 12.2. The average Bonchev–Trinajstić information content (AvgIpc) is 3.36. The minimum Gasteiger partial charge on any atom is -0.339 e. The summed E-state index contributed by atoms with van der Waals surface area (Å²) >= 11 is 0. The van der Waals surface area contributed by atoms with Gasteiger partial charge < -0.3 is 14.8 Å². The van der Waals surface area contributed by atoms with E-state index in [9.17, 15) is 14.4 Å². The Labute approximate surface area is 137 Å². The number of aryl methyl sites for hydroxylation is 1. The van der Waals surface area contributed by atoms with Crippen LogP contribution in [-0.4, -0.2) is 56.1 Å². The maximum atomic E-state index is 12.2. The van der Waals surface area contributed by atoms with Crippen molar-refractivity contribution in [2.75, 3.05) is 31.1 Å². The SMILES string of the molecule is Cn1c(=O)c2[nH]c(N3CCN(C(=O)C4CC4)CC3)nc2n(C)c1=O. The molecule has 128 valence electrons. The van der Waals surface area contributed by atoms with Crippen LogP contribution in [0.4, 0.5) is 5.95 Å². The van der Waals surface area contributed by atoms with E-state index < -0.39 is 5.69 Å². The highest BCUT2D eigenvalue weighted by molar-refractivity contribution is 5.81. The van der Waals surface area contributed by atoms with Gasteiger partial charge in [0.15, 0.2) is 11.2 Å². The Morgan fingerprint density at radius 2 is 1.75 bits per heavy atom. The average molecular weight is 332 g/mol. The van der Waals surface area contributed by atoms with E-state index >= 15 is 0 Å². The Balaban J connectivity index is 1.60. The van der Waals surface area contributed by atoms with Crippen LogP contribution in [0.2, 0.25) is 0 Å². The number of hydrogen-bond acceptors (Lipinski definition) is 5. The monoisotopic (exact) mass is 332 g/mol. The van der Waals surface area contributed by atoms with Crippen molar-refractivity contribution in [2.24, 2.45) is 20.0 Å². The zero-order chi connectivity index (χ0) is 17.0. The molecule has 0 radical (unpaired) electrons. The molecule has 1 saturated heterocycles. The number of aromatic nitrogens is 4. The van der Waals surface area contributed by atoms with Crippen LogP contribution in [0.1, 0.15) is 12.8 Å². The molecule has 0 spiro atoms. The molecule has 4 rings (SSSR count). The lowest BCUT2D eigenvalue weighted by Gasteiger charge is -2.34. The van der Waals surface area contributed by atoms with Gasteiger partial charge in [0.2, 0.25) is 11.9 Å². The summed E-state index contributed by atoms with van der Waals surface area (Å²) < 4.78 is 2.43. The molecule has 0 atom stereocenters. The van der Waals surface area contributed by atoms with Crippen molar-refractivity contribution in [1.82, 2.24) is 24.0 Å². The third-order valence-corrected chi connectivity index (χ3v) is 4.90. The summed E-state index contributed by atoms with van der Waals surface area (Å²) in [5.41, 5.74) is -0.0968. The molecule has 24 heavy (non-hydrogen) atoms. The molecule has 1 aliphatic carbocycles. The van der Waals surface area contributed by atoms with Gasteiger partial charge in [-0.3, -0.25) is 18.7 Å². The van der Waals surface area contributed by atoms with E-state index in [1.807, 2.05) is 9.80 Å². The molecule has 0 aromatic carbocycles. The molecule has 1 amide bonds. The lowest BCUT2D eigenvalue weighted by molar-refractivity contribution is -0.132. The van der Waals surface area contributed by atoms with Crippen LogP contribution in [-0.2, 0) is 18.9 Å². The van der Waals surface area contributed by atoms with Crippen LogP contribution < -0.4 is 16.1 Å². The summed E-state index contributed by atoms with van der Waals surface area (Å²) in [6, 6.07) is 0. The Morgan fingerprint density at radius 3 is 2.38 bits per heavy atom. The first kappa shape index (κ1) is 15.0. The normalized spacial score (nSPS) is 18.4. The standard InChI is InChI=1S/C15H20N6O3/c1-18-11-10(13(23)19(2)15(18)24)16-14(17-11)21-7-5-20(6-8-21)12(22)9-3-4-9/h9H,3-8H2,1-2H3,(H,16,17). The molecule has 0 unspecified atom stereocenters. The molecular formula is C15H20N6O3. The number of H-pyrrole nitrogens is 1. The number of amides is 1. The second kappa shape index (κ2) is 5.22. The van der Waals surface area contributed by atoms with E-state index in [1.54, 1.807) is 7.05 Å². The van der Waals surface area contributed by atoms with Crippen LogP contribution in [0.5, 0.6) is 0 Å². The molecule has 1 N–H and O–H groups in total. The summed E-state index contributed by atoms with van der Waals surface area (Å²) in [4.78, 5) is 47.7. The van der Waals surface area contributed by atoms with E-state index in [0.29, 0.717) is 43.3 Å². The smallest absolute Gasteiger partial charge is 0.332 e. The van der Waals surface area contributed by atoms with Gasteiger partial charge in [-0.15, -0.1) is 0 Å². The highest BCUT2D eigenvalue weighted by atomic mass is 16.2. The predicted octanol–water partition coefficient (Wildman–Crippen LogP) is -0.981. The number of imidazole rings is 1. The molecule has 3 heterocycles. The van der Waals surface area contributed by atoms with Crippen LogP contribution in [0.3, 0.4) is 0 Å². The number of hydrogen-bond donors (Lipinski definition) is 1. The lowest BCUT2D eigenvalue weighted by Crippen LogP contribution is -2.49. The third kappa shape index (κ3) is 2.22. The summed E-state index contributed by atoms with van der Waals surface area (Å²) in [5, 5.41) is 0. The number of rotatable bonds is 2. The Morgan fingerprint density at radius 1 is 1.08 bits per heavy atom. The molecule has 1 aliphatic heterocycles. The summed E-state index contributed by atoms with van der Waals surface area (Å²) in [6.07, 6.45) is 2.03. The van der Waals surface area contributed by atoms with Crippen LogP contribution in [0.25, 0.3) is 11.2 Å². The maximum Gasteiger partial charge on any atom is 0.332 e. The third-order valence-electron chi connectivity index (χ3n) is 4.90. The number of anilines is 1. The van der Waals surface area contributed by atoms with Gasteiger partial charge >= 0.3 is 5.69 Å². The van der Waals surface area contributed by atoms with E-state index in [4.69, 9.17) is 0 Å². The zero-order valence-corrected chi connectivity index (χ0v) is 13.8. The van der Waals surface area contributed by atoms with Gasteiger partial charge in [0, 0.05) is 46.2 Å². The van der Waals surface area contributed by atoms with E-state index in [0.717, 1.165) is 17.4 Å². The van der Waals surface area contributed by atoms with Gasteiger partial charge in [0.05, 0.1) is 0 Å². The van der Waals surface area contributed by atoms with Crippen LogP contribution in [0.15, 0.2) is 9.59 Å². The fraction of sp³-hybridized carbons (Fsp3) is 0.600. The molecule has 0 bridgehead atoms. The minimum atomic E-state index is -0.398. The van der Waals surface area contributed by atoms with Gasteiger partial charge in [-0.2, -0.15) is 4.98 Å². The van der Waals surface area contributed by atoms with Crippen molar-refractivity contribution in [3.63, 3.8) is 0 Å². The van der Waals surface area contributed by atoms with Crippen LogP contribution >= 0.6 is 0 Å². The van der Waals surface area contributed by atoms with Crippen molar-refractivity contribution in [3.05, 3.63) is 20.8 Å². The molecule has 9 heteroatoms. The highest BCUT2D eigenvalue weighted by Crippen LogP contribution is 2.31. The quantitative estimate of drug-likeness (QED) is 0.762. The molecule has 2 aliphatic rings. The molecule has 2 aromatic rings. The number of carbonyl (C=O) groups is 1. The zero-order valence-electron chi connectivity index (χ0n) is 13.8. The summed E-state index contributed by atoms with van der Waals surface area (Å²) in [5.74, 6) is 1.07. The van der Waals surface area contributed by atoms with E-state index in [1.165, 1.54) is 11.6 Å². The van der Waals surface area contributed by atoms with E-state index in [-0.39, 0.29) is 17.4 Å². The van der Waals surface area contributed by atoms with Gasteiger partial charge in [-0.1, -0.05) is 0 Å². The first-order valence-electron chi connectivity index (χ1n) is 8.17. The molecular weight excluding hydrogens is 312 g/mol. The van der Waals surface area contributed by atoms with Crippen molar-refractivity contribution < 1.29 is 4.79 Å². The van der Waals surface area contributed by atoms with Crippen molar-refractivity contribution in [1.29, 1.82) is 0 Å². The number of aromatic amines is 1. The largest absolute Gasteiger partial charge is 0.339 e. The molecule has 9 nitrogen and oxygen atoms in total. The fourth-order valence-corrected chi connectivity index (χ4v) is 3.19. The number of nitrogens with zero attached hydrogens (tertiary/aromatic N) is 5. The Bertz CT molecular complexity index is 927. The lowest BCUT2D eigenvalue weighted by atomic mass is 10.3. The van der Waals surface area contributed by atoms with Gasteiger partial charge in [0.25, 0.3) is 5.56 Å². The first-order chi connectivity index (χ1) is 11.5.